The first-order valence-corrected chi connectivity index (χ1v) is 10.4. The molecule has 0 unspecified atom stereocenters. The number of unbranched alkanes of at least 4 members (excludes halogenated alkanes) is 1. The first-order chi connectivity index (χ1) is 13.1. The lowest BCUT2D eigenvalue weighted by atomic mass is 10.2. The highest BCUT2D eigenvalue weighted by Gasteiger charge is 2.15. The van der Waals surface area contributed by atoms with Crippen LogP contribution in [-0.4, -0.2) is 28.3 Å². The molecule has 0 atom stereocenters. The lowest BCUT2D eigenvalue weighted by Crippen LogP contribution is -2.25. The van der Waals surface area contributed by atoms with Crippen LogP contribution in [0.3, 0.4) is 0 Å². The topological polar surface area (TPSA) is 84.0 Å². The Morgan fingerprint density at radius 1 is 1.07 bits per heavy atom. The highest BCUT2D eigenvalue weighted by atomic mass is 32.1. The standard InChI is InChI=1S/C19H20N4O2S2/c1-13-12-27-16(22-13)4-2-3-8-21-19(25)17-15(7-11-26-17)23-18(24)14-5-9-20-10-6-14/h5-7,9-12H,2-4,8H2,1H3,(H,21,25)(H,23,24). The molecule has 0 spiro atoms. The summed E-state index contributed by atoms with van der Waals surface area (Å²) in [6.07, 6.45) is 5.91. The van der Waals surface area contributed by atoms with Gasteiger partial charge in [-0.05, 0) is 49.8 Å². The summed E-state index contributed by atoms with van der Waals surface area (Å²) in [4.78, 5) is 33.5. The Morgan fingerprint density at radius 2 is 1.89 bits per heavy atom. The van der Waals surface area contributed by atoms with Crippen molar-refractivity contribution in [3.05, 3.63) is 62.5 Å². The number of anilines is 1. The second-order valence-corrected chi connectivity index (χ2v) is 7.81. The Bertz CT molecular complexity index is 905. The van der Waals surface area contributed by atoms with E-state index < -0.39 is 0 Å². The Labute approximate surface area is 165 Å². The number of carbonyl (C=O) groups excluding carboxylic acids is 2. The maximum absolute atomic E-state index is 12.4. The molecule has 2 amide bonds. The molecule has 3 heterocycles. The van der Waals surface area contributed by atoms with Crippen LogP contribution in [0.15, 0.2) is 41.4 Å². The number of aryl methyl sites for hydroxylation is 2. The van der Waals surface area contributed by atoms with Crippen molar-refractivity contribution >= 4 is 40.2 Å². The first-order valence-electron chi connectivity index (χ1n) is 8.61. The maximum atomic E-state index is 12.4. The number of amides is 2. The van der Waals surface area contributed by atoms with E-state index >= 15 is 0 Å². The fourth-order valence-electron chi connectivity index (χ4n) is 2.48. The molecule has 2 N–H and O–H groups in total. The summed E-state index contributed by atoms with van der Waals surface area (Å²) in [5.74, 6) is -0.427. The Hall–Kier alpha value is -2.58. The lowest BCUT2D eigenvalue weighted by Gasteiger charge is -2.07. The Kier molecular flexibility index (Phi) is 6.67. The molecule has 0 fully saturated rings. The summed E-state index contributed by atoms with van der Waals surface area (Å²) in [5, 5.41) is 10.7. The van der Waals surface area contributed by atoms with Gasteiger partial charge in [-0.3, -0.25) is 14.6 Å². The zero-order valence-corrected chi connectivity index (χ0v) is 16.5. The van der Waals surface area contributed by atoms with Crippen LogP contribution in [-0.2, 0) is 6.42 Å². The fraction of sp³-hybridized carbons (Fsp3) is 0.263. The van der Waals surface area contributed by atoms with E-state index in [9.17, 15) is 9.59 Å². The molecule has 3 rings (SSSR count). The van der Waals surface area contributed by atoms with Crippen molar-refractivity contribution in [3.8, 4) is 0 Å². The molecule has 0 radical (unpaired) electrons. The summed E-state index contributed by atoms with van der Waals surface area (Å²) in [7, 11) is 0. The van der Waals surface area contributed by atoms with Crippen LogP contribution in [0.4, 0.5) is 5.69 Å². The SMILES string of the molecule is Cc1csc(CCCCNC(=O)c2sccc2NC(=O)c2ccncc2)n1. The van der Waals surface area contributed by atoms with Gasteiger partial charge in [0.05, 0.1) is 10.7 Å². The van der Waals surface area contributed by atoms with E-state index in [1.165, 1.54) is 11.3 Å². The summed E-state index contributed by atoms with van der Waals surface area (Å²) < 4.78 is 0. The second-order valence-electron chi connectivity index (χ2n) is 5.95. The number of nitrogens with one attached hydrogen (secondary N) is 2. The van der Waals surface area contributed by atoms with Gasteiger partial charge in [0, 0.05) is 35.6 Å². The molecule has 3 aromatic rings. The second kappa shape index (κ2) is 9.38. The van der Waals surface area contributed by atoms with Gasteiger partial charge < -0.3 is 10.6 Å². The van der Waals surface area contributed by atoms with E-state index in [1.807, 2.05) is 6.92 Å². The molecule has 3 aromatic heterocycles. The molecular weight excluding hydrogens is 380 g/mol. The van der Waals surface area contributed by atoms with Gasteiger partial charge >= 0.3 is 0 Å². The molecule has 0 aliphatic heterocycles. The van der Waals surface area contributed by atoms with Gasteiger partial charge in [0.15, 0.2) is 0 Å². The number of thiophene rings is 1. The third kappa shape index (κ3) is 5.45. The lowest BCUT2D eigenvalue weighted by molar-refractivity contribution is 0.0958. The quantitative estimate of drug-likeness (QED) is 0.562. The van der Waals surface area contributed by atoms with Crippen LogP contribution in [0.1, 0.15) is 43.6 Å². The average molecular weight is 401 g/mol. The Balaban J connectivity index is 1.46. The smallest absolute Gasteiger partial charge is 0.263 e. The number of thiazole rings is 1. The van der Waals surface area contributed by atoms with Gasteiger partial charge in [-0.2, -0.15) is 0 Å². The van der Waals surface area contributed by atoms with Crippen molar-refractivity contribution in [3.63, 3.8) is 0 Å². The van der Waals surface area contributed by atoms with Gasteiger partial charge in [0.2, 0.25) is 0 Å². The van der Waals surface area contributed by atoms with E-state index in [1.54, 1.807) is 47.3 Å². The maximum Gasteiger partial charge on any atom is 0.263 e. The van der Waals surface area contributed by atoms with E-state index in [2.05, 4.69) is 26.0 Å². The zero-order valence-electron chi connectivity index (χ0n) is 14.9. The fourth-order valence-corrected chi connectivity index (χ4v) is 4.07. The van der Waals surface area contributed by atoms with Crippen molar-refractivity contribution in [1.82, 2.24) is 15.3 Å². The summed E-state index contributed by atoms with van der Waals surface area (Å²) in [5.41, 5.74) is 2.08. The predicted octanol–water partition coefficient (Wildman–Crippen LogP) is 3.91. The average Bonchev–Trinajstić information content (AvgIpc) is 3.31. The monoisotopic (exact) mass is 400 g/mol. The predicted molar refractivity (Wildman–Crippen MR) is 109 cm³/mol. The van der Waals surface area contributed by atoms with E-state index in [0.29, 0.717) is 22.7 Å². The van der Waals surface area contributed by atoms with Crippen molar-refractivity contribution in [2.45, 2.75) is 26.2 Å². The molecular formula is C19H20N4O2S2. The Morgan fingerprint density at radius 3 is 2.63 bits per heavy atom. The van der Waals surface area contributed by atoms with Crippen LogP contribution in [0.2, 0.25) is 0 Å². The highest BCUT2D eigenvalue weighted by Crippen LogP contribution is 2.23. The molecule has 6 nitrogen and oxygen atoms in total. The summed E-state index contributed by atoms with van der Waals surface area (Å²) in [6, 6.07) is 5.00. The van der Waals surface area contributed by atoms with Crippen LogP contribution >= 0.6 is 22.7 Å². The molecule has 8 heteroatoms. The molecule has 0 bridgehead atoms. The number of pyridine rings is 1. The van der Waals surface area contributed by atoms with Crippen LogP contribution < -0.4 is 10.6 Å². The molecule has 27 heavy (non-hydrogen) atoms. The van der Waals surface area contributed by atoms with Crippen LogP contribution in [0.5, 0.6) is 0 Å². The summed E-state index contributed by atoms with van der Waals surface area (Å²) >= 11 is 2.99. The number of carbonyl (C=O) groups is 2. The molecule has 0 aliphatic carbocycles. The third-order valence-electron chi connectivity index (χ3n) is 3.83. The largest absolute Gasteiger partial charge is 0.351 e. The minimum Gasteiger partial charge on any atom is -0.351 e. The normalized spacial score (nSPS) is 10.6. The molecule has 0 aromatic carbocycles. The molecule has 0 aliphatic rings. The number of rotatable bonds is 8. The minimum atomic E-state index is -0.261. The van der Waals surface area contributed by atoms with Crippen molar-refractivity contribution in [2.24, 2.45) is 0 Å². The zero-order chi connectivity index (χ0) is 19.1. The van der Waals surface area contributed by atoms with E-state index in [0.717, 1.165) is 30.0 Å². The molecule has 140 valence electrons. The van der Waals surface area contributed by atoms with Crippen molar-refractivity contribution in [1.29, 1.82) is 0 Å². The third-order valence-corrected chi connectivity index (χ3v) is 5.77. The van der Waals surface area contributed by atoms with Gasteiger partial charge in [-0.1, -0.05) is 0 Å². The number of hydrogen-bond donors (Lipinski definition) is 2. The van der Waals surface area contributed by atoms with Gasteiger partial charge in [0.25, 0.3) is 11.8 Å². The molecule has 0 saturated carbocycles. The van der Waals surface area contributed by atoms with Crippen molar-refractivity contribution < 1.29 is 9.59 Å². The van der Waals surface area contributed by atoms with Crippen LogP contribution in [0, 0.1) is 6.92 Å². The van der Waals surface area contributed by atoms with Crippen LogP contribution in [0.25, 0.3) is 0 Å². The van der Waals surface area contributed by atoms with Gasteiger partial charge in [-0.15, -0.1) is 22.7 Å². The van der Waals surface area contributed by atoms with Crippen molar-refractivity contribution in [2.75, 3.05) is 11.9 Å². The molecule has 0 saturated heterocycles. The van der Waals surface area contributed by atoms with Gasteiger partial charge in [-0.25, -0.2) is 4.98 Å². The highest BCUT2D eigenvalue weighted by molar-refractivity contribution is 7.12. The van der Waals surface area contributed by atoms with E-state index in [4.69, 9.17) is 0 Å². The first kappa shape index (κ1) is 19.2. The number of hydrogen-bond acceptors (Lipinski definition) is 6. The summed E-state index contributed by atoms with van der Waals surface area (Å²) in [6.45, 7) is 2.59. The number of nitrogens with zero attached hydrogens (tertiary/aromatic N) is 2. The number of aromatic nitrogens is 2. The van der Waals surface area contributed by atoms with E-state index in [-0.39, 0.29) is 11.8 Å². The van der Waals surface area contributed by atoms with Gasteiger partial charge in [0.1, 0.15) is 4.88 Å². The minimum absolute atomic E-state index is 0.167.